The Morgan fingerprint density at radius 2 is 1.74 bits per heavy atom. The van der Waals surface area contributed by atoms with E-state index in [1.165, 1.54) is 7.11 Å². The summed E-state index contributed by atoms with van der Waals surface area (Å²) in [7, 11) is 0.793. The van der Waals surface area contributed by atoms with E-state index in [4.69, 9.17) is 23.5 Å². The van der Waals surface area contributed by atoms with Crippen molar-refractivity contribution in [1.29, 1.82) is 0 Å². The van der Waals surface area contributed by atoms with Crippen molar-refractivity contribution in [3.05, 3.63) is 29.8 Å². The number of carbonyl (C=O) groups is 2. The summed E-state index contributed by atoms with van der Waals surface area (Å²) in [5, 5.41) is 2.57. The standard InChI is InChI=1S/C22H34BNO7/c1-20(2,3)29-19(26)24-17(18(25)27-8)13-15-10-9-11-16(12-15)28-14-23-30-21(4,5)22(6,7)31-23/h9-12,17H,13-14H2,1-8H3,(H,24,26)/t17-/m1/s1. The molecule has 31 heavy (non-hydrogen) atoms. The molecular formula is C22H34BNO7. The van der Waals surface area contributed by atoms with Gasteiger partial charge in [-0.2, -0.15) is 0 Å². The van der Waals surface area contributed by atoms with Crippen molar-refractivity contribution >= 4 is 19.2 Å². The van der Waals surface area contributed by atoms with Gasteiger partial charge in [-0.15, -0.1) is 0 Å². The van der Waals surface area contributed by atoms with Crippen LogP contribution in [0.15, 0.2) is 24.3 Å². The van der Waals surface area contributed by atoms with Gasteiger partial charge in [-0.25, -0.2) is 9.59 Å². The highest BCUT2D eigenvalue weighted by Gasteiger charge is 2.51. The van der Waals surface area contributed by atoms with Gasteiger partial charge in [-0.3, -0.25) is 0 Å². The first-order chi connectivity index (χ1) is 14.2. The van der Waals surface area contributed by atoms with Crippen LogP contribution in [-0.2, 0) is 30.0 Å². The van der Waals surface area contributed by atoms with E-state index in [1.807, 2.05) is 45.9 Å². The summed E-state index contributed by atoms with van der Waals surface area (Å²) in [6.07, 6.45) is -0.462. The van der Waals surface area contributed by atoms with Gasteiger partial charge >= 0.3 is 19.2 Å². The van der Waals surface area contributed by atoms with Crippen LogP contribution in [0.25, 0.3) is 0 Å². The molecule has 1 heterocycles. The molecule has 1 aromatic rings. The second-order valence-corrected chi connectivity index (χ2v) is 9.57. The Hall–Kier alpha value is -2.26. The van der Waals surface area contributed by atoms with Crippen LogP contribution in [-0.4, -0.2) is 55.6 Å². The van der Waals surface area contributed by atoms with E-state index in [0.717, 1.165) is 5.56 Å². The average molecular weight is 435 g/mol. The number of hydrogen-bond acceptors (Lipinski definition) is 7. The summed E-state index contributed by atoms with van der Waals surface area (Å²) in [5.74, 6) is 0.0440. The Labute approximate surface area is 185 Å². The smallest absolute Gasteiger partial charge is 0.496 e. The van der Waals surface area contributed by atoms with Crippen LogP contribution >= 0.6 is 0 Å². The average Bonchev–Trinajstić information content (AvgIpc) is 2.84. The summed E-state index contributed by atoms with van der Waals surface area (Å²) in [4.78, 5) is 24.3. The first-order valence-electron chi connectivity index (χ1n) is 10.4. The van der Waals surface area contributed by atoms with E-state index in [2.05, 4.69) is 5.32 Å². The molecule has 2 rings (SSSR count). The molecule has 1 atom stereocenters. The van der Waals surface area contributed by atoms with Crippen LogP contribution in [0.3, 0.4) is 0 Å². The third kappa shape index (κ3) is 7.14. The Balaban J connectivity index is 2.00. The maximum atomic E-state index is 12.2. The Morgan fingerprint density at radius 1 is 1.13 bits per heavy atom. The molecule has 1 saturated heterocycles. The lowest BCUT2D eigenvalue weighted by atomic mass is 9.90. The first kappa shape index (κ1) is 25.0. The minimum absolute atomic E-state index is 0.222. The molecule has 0 spiro atoms. The molecule has 9 heteroatoms. The number of ether oxygens (including phenoxy) is 3. The number of nitrogens with one attached hydrogen (secondary N) is 1. The number of hydrogen-bond donors (Lipinski definition) is 1. The highest BCUT2D eigenvalue weighted by atomic mass is 16.7. The summed E-state index contributed by atoms with van der Waals surface area (Å²) in [6.45, 7) is 13.4. The predicted molar refractivity (Wildman–Crippen MR) is 117 cm³/mol. The SMILES string of the molecule is COC(=O)[C@@H](Cc1cccc(OCB2OC(C)(C)C(C)(C)O2)c1)NC(=O)OC(C)(C)C. The van der Waals surface area contributed by atoms with Gasteiger partial charge in [0.25, 0.3) is 0 Å². The van der Waals surface area contributed by atoms with Crippen molar-refractivity contribution in [3.8, 4) is 5.75 Å². The number of benzene rings is 1. The molecule has 0 unspecified atom stereocenters. The summed E-state index contributed by atoms with van der Waals surface area (Å²) in [5.41, 5.74) is -0.738. The second kappa shape index (κ2) is 9.48. The zero-order valence-corrected chi connectivity index (χ0v) is 19.7. The first-order valence-corrected chi connectivity index (χ1v) is 10.4. The van der Waals surface area contributed by atoms with Gasteiger partial charge in [0, 0.05) is 6.42 Å². The highest BCUT2D eigenvalue weighted by molar-refractivity contribution is 6.45. The van der Waals surface area contributed by atoms with E-state index in [9.17, 15) is 9.59 Å². The minimum Gasteiger partial charge on any atom is -0.496 e. The van der Waals surface area contributed by atoms with Crippen molar-refractivity contribution in [2.45, 2.75) is 77.7 Å². The van der Waals surface area contributed by atoms with Gasteiger partial charge in [0.15, 0.2) is 0 Å². The van der Waals surface area contributed by atoms with E-state index in [0.29, 0.717) is 5.75 Å². The zero-order valence-electron chi connectivity index (χ0n) is 19.7. The van der Waals surface area contributed by atoms with Gasteiger partial charge < -0.3 is 28.8 Å². The third-order valence-corrected chi connectivity index (χ3v) is 5.20. The van der Waals surface area contributed by atoms with Crippen molar-refractivity contribution < 1.29 is 33.1 Å². The Kier molecular flexibility index (Phi) is 7.65. The molecule has 0 saturated carbocycles. The molecule has 0 aliphatic carbocycles. The lowest BCUT2D eigenvalue weighted by molar-refractivity contribution is -0.143. The fourth-order valence-corrected chi connectivity index (χ4v) is 2.98. The third-order valence-electron chi connectivity index (χ3n) is 5.20. The molecule has 1 N–H and O–H groups in total. The molecule has 1 aromatic carbocycles. The number of amides is 1. The minimum atomic E-state index is -0.891. The van der Waals surface area contributed by atoms with Crippen LogP contribution in [0.2, 0.25) is 0 Å². The van der Waals surface area contributed by atoms with Crippen molar-refractivity contribution in [1.82, 2.24) is 5.32 Å². The molecule has 0 aromatic heterocycles. The normalized spacial score (nSPS) is 18.3. The topological polar surface area (TPSA) is 92.3 Å². The monoisotopic (exact) mass is 435 g/mol. The van der Waals surface area contributed by atoms with Gasteiger partial charge in [-0.1, -0.05) is 12.1 Å². The van der Waals surface area contributed by atoms with Crippen LogP contribution in [0, 0.1) is 0 Å². The van der Waals surface area contributed by atoms with Crippen LogP contribution in [0.5, 0.6) is 5.75 Å². The van der Waals surface area contributed by atoms with E-state index >= 15 is 0 Å². The Bertz CT molecular complexity index is 772. The van der Waals surface area contributed by atoms with Gasteiger partial charge in [0.05, 0.1) is 18.3 Å². The molecule has 8 nitrogen and oxygen atoms in total. The Morgan fingerprint density at radius 3 is 2.29 bits per heavy atom. The predicted octanol–water partition coefficient (Wildman–Crippen LogP) is 3.31. The van der Waals surface area contributed by atoms with Gasteiger partial charge in [-0.05, 0) is 66.2 Å². The van der Waals surface area contributed by atoms with Crippen LogP contribution in [0.4, 0.5) is 4.79 Å². The lowest BCUT2D eigenvalue weighted by Gasteiger charge is -2.32. The fraction of sp³-hybridized carbons (Fsp3) is 0.636. The molecular weight excluding hydrogens is 401 g/mol. The zero-order chi connectivity index (χ0) is 23.4. The number of alkyl carbamates (subject to hydrolysis) is 1. The molecule has 0 bridgehead atoms. The van der Waals surface area contributed by atoms with Gasteiger partial charge in [0.1, 0.15) is 23.9 Å². The molecule has 1 amide bonds. The van der Waals surface area contributed by atoms with E-state index in [1.54, 1.807) is 26.8 Å². The maximum absolute atomic E-state index is 12.2. The largest absolute Gasteiger partial charge is 0.498 e. The second-order valence-electron chi connectivity index (χ2n) is 9.57. The fourth-order valence-electron chi connectivity index (χ4n) is 2.98. The number of methoxy groups -OCH3 is 1. The highest BCUT2D eigenvalue weighted by Crippen LogP contribution is 2.36. The van der Waals surface area contributed by atoms with E-state index in [-0.39, 0.29) is 12.9 Å². The number of rotatable bonds is 7. The maximum Gasteiger partial charge on any atom is 0.498 e. The lowest BCUT2D eigenvalue weighted by Crippen LogP contribution is -2.45. The number of esters is 1. The molecule has 1 aliphatic rings. The molecule has 1 aliphatic heterocycles. The van der Waals surface area contributed by atoms with Crippen molar-refractivity contribution in [2.24, 2.45) is 0 Å². The van der Waals surface area contributed by atoms with Crippen LogP contribution < -0.4 is 10.1 Å². The quantitative estimate of drug-likeness (QED) is 0.519. The van der Waals surface area contributed by atoms with Crippen molar-refractivity contribution in [3.63, 3.8) is 0 Å². The number of carbonyl (C=O) groups excluding carboxylic acids is 2. The summed E-state index contributed by atoms with van der Waals surface area (Å²) >= 11 is 0. The van der Waals surface area contributed by atoms with Gasteiger partial charge in [0.2, 0.25) is 0 Å². The molecule has 0 radical (unpaired) electrons. The van der Waals surface area contributed by atoms with Crippen molar-refractivity contribution in [2.75, 3.05) is 13.6 Å². The molecule has 1 fully saturated rings. The van der Waals surface area contributed by atoms with Crippen LogP contribution in [0.1, 0.15) is 54.0 Å². The molecule has 172 valence electrons. The summed E-state index contributed by atoms with van der Waals surface area (Å²) in [6, 6.07) is 6.38. The summed E-state index contributed by atoms with van der Waals surface area (Å²) < 4.78 is 27.8. The van der Waals surface area contributed by atoms with E-state index < -0.39 is 42.0 Å².